The van der Waals surface area contributed by atoms with Gasteiger partial charge in [0.25, 0.3) is 5.91 Å². The first-order chi connectivity index (χ1) is 12.9. The van der Waals surface area contributed by atoms with Crippen molar-refractivity contribution in [2.75, 3.05) is 13.7 Å². The largest absolute Gasteiger partial charge is 0.469 e. The molecule has 1 N–H and O–H groups in total. The van der Waals surface area contributed by atoms with E-state index in [4.69, 9.17) is 0 Å². The van der Waals surface area contributed by atoms with E-state index in [0.29, 0.717) is 24.2 Å². The molecule has 1 aromatic heterocycles. The highest BCUT2D eigenvalue weighted by molar-refractivity contribution is 5.95. The van der Waals surface area contributed by atoms with Crippen molar-refractivity contribution in [1.29, 1.82) is 0 Å². The molecule has 0 saturated heterocycles. The van der Waals surface area contributed by atoms with Crippen LogP contribution in [0.5, 0.6) is 0 Å². The van der Waals surface area contributed by atoms with Gasteiger partial charge in [-0.05, 0) is 43.0 Å². The molecule has 2 rings (SSSR count). The number of amides is 1. The fraction of sp³-hybridized carbons (Fsp3) is 0.450. The molecule has 0 atom stereocenters. The second-order valence-electron chi connectivity index (χ2n) is 6.63. The van der Waals surface area contributed by atoms with Gasteiger partial charge in [0, 0.05) is 13.0 Å². The zero-order chi connectivity index (χ0) is 19.8. The summed E-state index contributed by atoms with van der Waals surface area (Å²) in [6.45, 7) is 4.50. The van der Waals surface area contributed by atoms with Crippen LogP contribution in [0.2, 0.25) is 0 Å². The maximum Gasteiger partial charge on any atom is 0.305 e. The van der Waals surface area contributed by atoms with E-state index in [-0.39, 0.29) is 23.6 Å². The van der Waals surface area contributed by atoms with E-state index in [9.17, 15) is 14.0 Å². The average Bonchev–Trinajstić information content (AvgIpc) is 3.10. The molecule has 27 heavy (non-hydrogen) atoms. The Labute approximate surface area is 158 Å². The molecule has 0 bridgehead atoms. The van der Waals surface area contributed by atoms with Gasteiger partial charge < -0.3 is 10.1 Å². The van der Waals surface area contributed by atoms with Crippen LogP contribution in [0.4, 0.5) is 4.39 Å². The van der Waals surface area contributed by atoms with Gasteiger partial charge in [0.05, 0.1) is 30.3 Å². The molecule has 1 heterocycles. The van der Waals surface area contributed by atoms with Crippen LogP contribution in [-0.2, 0) is 9.53 Å². The molecule has 0 spiro atoms. The Hall–Kier alpha value is -2.70. The van der Waals surface area contributed by atoms with Gasteiger partial charge in [-0.25, -0.2) is 9.07 Å². The van der Waals surface area contributed by atoms with Gasteiger partial charge in [0.15, 0.2) is 0 Å². The Morgan fingerprint density at radius 1 is 1.19 bits per heavy atom. The Kier molecular flexibility index (Phi) is 7.52. The highest BCUT2D eigenvalue weighted by atomic mass is 19.1. The minimum atomic E-state index is -0.317. The van der Waals surface area contributed by atoms with E-state index < -0.39 is 0 Å². The first-order valence-electron chi connectivity index (χ1n) is 9.13. The van der Waals surface area contributed by atoms with E-state index in [1.54, 1.807) is 23.0 Å². The molecule has 2 aromatic rings. The molecule has 0 unspecified atom stereocenters. The van der Waals surface area contributed by atoms with Crippen molar-refractivity contribution in [3.63, 3.8) is 0 Å². The minimum Gasteiger partial charge on any atom is -0.469 e. The van der Waals surface area contributed by atoms with Crippen LogP contribution in [0, 0.1) is 5.82 Å². The topological polar surface area (TPSA) is 73.2 Å². The van der Waals surface area contributed by atoms with Crippen LogP contribution in [0.1, 0.15) is 61.5 Å². The molecular weight excluding hydrogens is 349 g/mol. The summed E-state index contributed by atoms with van der Waals surface area (Å²) < 4.78 is 19.4. The van der Waals surface area contributed by atoms with Crippen LogP contribution in [0.3, 0.4) is 0 Å². The number of ether oxygens (including phenoxy) is 1. The Bertz CT molecular complexity index is 769. The van der Waals surface area contributed by atoms with Crippen molar-refractivity contribution in [3.8, 4) is 5.69 Å². The number of esters is 1. The molecule has 0 aliphatic rings. The lowest BCUT2D eigenvalue weighted by Gasteiger charge is -2.13. The zero-order valence-electron chi connectivity index (χ0n) is 16.0. The molecule has 7 heteroatoms. The number of benzene rings is 1. The SMILES string of the molecule is COC(=O)CCCCCNC(=O)c1cnn(-c2ccc(F)cc2)c1C(C)C. The highest BCUT2D eigenvalue weighted by Gasteiger charge is 2.20. The number of nitrogens with zero attached hydrogens (tertiary/aromatic N) is 2. The zero-order valence-corrected chi connectivity index (χ0v) is 16.0. The summed E-state index contributed by atoms with van der Waals surface area (Å²) in [6, 6.07) is 6.01. The predicted octanol–water partition coefficient (Wildman–Crippen LogP) is 3.60. The van der Waals surface area contributed by atoms with Crippen LogP contribution in [0.25, 0.3) is 5.69 Å². The number of unbranched alkanes of at least 4 members (excludes halogenated alkanes) is 2. The molecule has 0 radical (unpaired) electrons. The summed E-state index contributed by atoms with van der Waals surface area (Å²) in [4.78, 5) is 23.6. The Balaban J connectivity index is 1.98. The number of hydrogen-bond donors (Lipinski definition) is 1. The second-order valence-corrected chi connectivity index (χ2v) is 6.63. The monoisotopic (exact) mass is 375 g/mol. The number of nitrogens with one attached hydrogen (secondary N) is 1. The highest BCUT2D eigenvalue weighted by Crippen LogP contribution is 2.23. The van der Waals surface area contributed by atoms with Gasteiger partial charge in [-0.2, -0.15) is 5.10 Å². The number of carbonyl (C=O) groups is 2. The number of carbonyl (C=O) groups excluding carboxylic acids is 2. The fourth-order valence-electron chi connectivity index (χ4n) is 2.85. The summed E-state index contributed by atoms with van der Waals surface area (Å²) in [5.41, 5.74) is 2.01. The third-order valence-electron chi connectivity index (χ3n) is 4.24. The van der Waals surface area contributed by atoms with Gasteiger partial charge in [-0.3, -0.25) is 9.59 Å². The van der Waals surface area contributed by atoms with Crippen molar-refractivity contribution < 1.29 is 18.7 Å². The molecule has 1 amide bonds. The van der Waals surface area contributed by atoms with Gasteiger partial charge in [-0.1, -0.05) is 20.3 Å². The van der Waals surface area contributed by atoms with Crippen molar-refractivity contribution in [1.82, 2.24) is 15.1 Å². The molecule has 6 nitrogen and oxygen atoms in total. The average molecular weight is 375 g/mol. The lowest BCUT2D eigenvalue weighted by Crippen LogP contribution is -2.25. The van der Waals surface area contributed by atoms with Crippen molar-refractivity contribution >= 4 is 11.9 Å². The van der Waals surface area contributed by atoms with Crippen LogP contribution < -0.4 is 5.32 Å². The van der Waals surface area contributed by atoms with Gasteiger partial charge in [0.1, 0.15) is 5.82 Å². The van der Waals surface area contributed by atoms with E-state index in [1.807, 2.05) is 13.8 Å². The summed E-state index contributed by atoms with van der Waals surface area (Å²) >= 11 is 0. The summed E-state index contributed by atoms with van der Waals surface area (Å²) in [5, 5.41) is 7.23. The van der Waals surface area contributed by atoms with Crippen molar-refractivity contribution in [2.24, 2.45) is 0 Å². The molecule has 0 fully saturated rings. The van der Waals surface area contributed by atoms with Gasteiger partial charge in [0.2, 0.25) is 0 Å². The predicted molar refractivity (Wildman–Crippen MR) is 100 cm³/mol. The molecule has 0 saturated carbocycles. The number of halogens is 1. The van der Waals surface area contributed by atoms with E-state index >= 15 is 0 Å². The minimum absolute atomic E-state index is 0.0679. The van der Waals surface area contributed by atoms with E-state index in [1.165, 1.54) is 19.2 Å². The Morgan fingerprint density at radius 3 is 2.52 bits per heavy atom. The van der Waals surface area contributed by atoms with Crippen molar-refractivity contribution in [2.45, 2.75) is 45.4 Å². The van der Waals surface area contributed by atoms with Gasteiger partial charge >= 0.3 is 5.97 Å². The summed E-state index contributed by atoms with van der Waals surface area (Å²) in [7, 11) is 1.38. The molecular formula is C20H26FN3O3. The molecule has 1 aromatic carbocycles. The maximum absolute atomic E-state index is 13.2. The number of rotatable bonds is 9. The third kappa shape index (κ3) is 5.64. The smallest absolute Gasteiger partial charge is 0.305 e. The number of methoxy groups -OCH3 is 1. The first-order valence-corrected chi connectivity index (χ1v) is 9.13. The Morgan fingerprint density at radius 2 is 1.89 bits per heavy atom. The maximum atomic E-state index is 13.2. The van der Waals surface area contributed by atoms with Crippen LogP contribution >= 0.6 is 0 Å². The second kappa shape index (κ2) is 9.85. The van der Waals surface area contributed by atoms with E-state index in [2.05, 4.69) is 15.2 Å². The van der Waals surface area contributed by atoms with Crippen LogP contribution in [0.15, 0.2) is 30.5 Å². The fourth-order valence-corrected chi connectivity index (χ4v) is 2.85. The van der Waals surface area contributed by atoms with Crippen molar-refractivity contribution in [3.05, 3.63) is 47.5 Å². The first kappa shape index (κ1) is 20.6. The third-order valence-corrected chi connectivity index (χ3v) is 4.24. The van der Waals surface area contributed by atoms with Crippen LogP contribution in [-0.4, -0.2) is 35.3 Å². The van der Waals surface area contributed by atoms with Gasteiger partial charge in [-0.15, -0.1) is 0 Å². The molecule has 0 aliphatic heterocycles. The standard InChI is InChI=1S/C20H26FN3O3/c1-14(2)19-17(13-23-24(19)16-10-8-15(21)9-11-16)20(26)22-12-6-4-5-7-18(25)27-3/h8-11,13-14H,4-7,12H2,1-3H3,(H,22,26). The van der Waals surface area contributed by atoms with E-state index in [0.717, 1.165) is 25.0 Å². The molecule has 0 aliphatic carbocycles. The normalized spacial score (nSPS) is 10.9. The lowest BCUT2D eigenvalue weighted by atomic mass is 10.0. The summed E-state index contributed by atoms with van der Waals surface area (Å²) in [6.07, 6.45) is 4.30. The quantitative estimate of drug-likeness (QED) is 0.537. The number of hydrogen-bond acceptors (Lipinski definition) is 4. The number of aromatic nitrogens is 2. The molecule has 146 valence electrons. The summed E-state index contributed by atoms with van der Waals surface area (Å²) in [5.74, 6) is -0.644. The lowest BCUT2D eigenvalue weighted by molar-refractivity contribution is -0.140.